The van der Waals surface area contributed by atoms with Gasteiger partial charge in [-0.2, -0.15) is 0 Å². The van der Waals surface area contributed by atoms with E-state index in [4.69, 9.17) is 4.42 Å². The van der Waals surface area contributed by atoms with E-state index >= 15 is 0 Å². The number of fused-ring (bicyclic) bond motifs is 10. The van der Waals surface area contributed by atoms with Gasteiger partial charge in [0.15, 0.2) is 0 Å². The first-order chi connectivity index (χ1) is 25.3. The molecule has 0 radical (unpaired) electrons. The van der Waals surface area contributed by atoms with Gasteiger partial charge in [-0.15, -0.1) is 0 Å². The second-order valence-corrected chi connectivity index (χ2v) is 13.3. The number of anilines is 3. The Kier molecular flexibility index (Phi) is 5.96. The van der Waals surface area contributed by atoms with Crippen molar-refractivity contribution < 1.29 is 4.42 Å². The molecule has 0 saturated heterocycles. The number of rotatable bonds is 4. The smallest absolute Gasteiger partial charge is 0.138 e. The summed E-state index contributed by atoms with van der Waals surface area (Å²) in [5, 5.41) is 11.9. The largest absolute Gasteiger partial charge is 0.456 e. The van der Waals surface area contributed by atoms with Crippen LogP contribution < -0.4 is 4.90 Å². The molecule has 0 aliphatic rings. The van der Waals surface area contributed by atoms with Crippen molar-refractivity contribution in [2.24, 2.45) is 0 Å². The standard InChI is InChI=1S/C48H30N2O/c1-2-14-34(15-3-1)50-43-20-10-8-18-40(43)42-30-36(25-27-44(42)50)49(35-24-26-38-33(28-35)23-22-31-12-4-6-16-37(31)38)48-39-17-7-5-13-32(39)29-46-47(48)41-19-9-11-21-45(41)51-46/h1-30H. The zero-order valence-corrected chi connectivity index (χ0v) is 27.6. The lowest BCUT2D eigenvalue weighted by molar-refractivity contribution is 0.669. The summed E-state index contributed by atoms with van der Waals surface area (Å²) in [7, 11) is 0. The summed E-state index contributed by atoms with van der Waals surface area (Å²) >= 11 is 0. The molecule has 11 rings (SSSR count). The van der Waals surface area contributed by atoms with Crippen LogP contribution in [0.5, 0.6) is 0 Å². The van der Waals surface area contributed by atoms with Crippen LogP contribution in [0.15, 0.2) is 186 Å². The van der Waals surface area contributed by atoms with Crippen molar-refractivity contribution in [3.05, 3.63) is 182 Å². The molecule has 2 heterocycles. The van der Waals surface area contributed by atoms with E-state index in [1.54, 1.807) is 0 Å². The minimum atomic E-state index is 0.878. The molecular weight excluding hydrogens is 621 g/mol. The molecule has 0 aliphatic heterocycles. The Hall–Kier alpha value is -6.84. The van der Waals surface area contributed by atoms with Crippen LogP contribution >= 0.6 is 0 Å². The number of hydrogen-bond donors (Lipinski definition) is 0. The maximum absolute atomic E-state index is 6.59. The molecule has 9 aromatic carbocycles. The van der Waals surface area contributed by atoms with E-state index in [9.17, 15) is 0 Å². The lowest BCUT2D eigenvalue weighted by Crippen LogP contribution is -2.11. The third kappa shape index (κ3) is 4.19. The fraction of sp³-hybridized carbons (Fsp3) is 0. The molecule has 0 bridgehead atoms. The lowest BCUT2D eigenvalue weighted by Gasteiger charge is -2.28. The van der Waals surface area contributed by atoms with Crippen molar-refractivity contribution in [2.75, 3.05) is 4.90 Å². The van der Waals surface area contributed by atoms with E-state index in [0.717, 1.165) is 50.1 Å². The minimum Gasteiger partial charge on any atom is -0.456 e. The van der Waals surface area contributed by atoms with Crippen molar-refractivity contribution >= 4 is 93.1 Å². The molecule has 51 heavy (non-hydrogen) atoms. The molecule has 3 nitrogen and oxygen atoms in total. The van der Waals surface area contributed by atoms with Gasteiger partial charge in [0.1, 0.15) is 11.2 Å². The van der Waals surface area contributed by atoms with E-state index in [2.05, 4.69) is 185 Å². The summed E-state index contributed by atoms with van der Waals surface area (Å²) in [6.07, 6.45) is 0. The predicted octanol–water partition coefficient (Wildman–Crippen LogP) is 13.6. The summed E-state index contributed by atoms with van der Waals surface area (Å²) in [6, 6.07) is 65.6. The van der Waals surface area contributed by atoms with Crippen molar-refractivity contribution in [3.63, 3.8) is 0 Å². The van der Waals surface area contributed by atoms with E-state index in [1.807, 2.05) is 6.07 Å². The van der Waals surface area contributed by atoms with Crippen LogP contribution in [0.2, 0.25) is 0 Å². The summed E-state index contributed by atoms with van der Waals surface area (Å²) in [4.78, 5) is 2.45. The topological polar surface area (TPSA) is 21.3 Å². The van der Waals surface area contributed by atoms with Crippen LogP contribution in [0.1, 0.15) is 0 Å². The molecule has 238 valence electrons. The zero-order chi connectivity index (χ0) is 33.5. The molecule has 0 fully saturated rings. The second-order valence-electron chi connectivity index (χ2n) is 13.3. The van der Waals surface area contributed by atoms with Gasteiger partial charge in [0.2, 0.25) is 0 Å². The van der Waals surface area contributed by atoms with Gasteiger partial charge in [-0.1, -0.05) is 121 Å². The van der Waals surface area contributed by atoms with Crippen LogP contribution in [0, 0.1) is 0 Å². The highest BCUT2D eigenvalue weighted by Crippen LogP contribution is 2.48. The Morgan fingerprint density at radius 3 is 1.86 bits per heavy atom. The maximum atomic E-state index is 6.59. The molecule has 0 N–H and O–H groups in total. The van der Waals surface area contributed by atoms with Crippen molar-refractivity contribution in [1.82, 2.24) is 4.57 Å². The molecular formula is C48H30N2O. The first kappa shape index (κ1) is 28.0. The van der Waals surface area contributed by atoms with Gasteiger partial charge in [0, 0.05) is 38.6 Å². The highest BCUT2D eigenvalue weighted by molar-refractivity contribution is 6.22. The third-order valence-corrected chi connectivity index (χ3v) is 10.5. The average Bonchev–Trinajstić information content (AvgIpc) is 3.73. The number of nitrogens with zero attached hydrogens (tertiary/aromatic N) is 2. The van der Waals surface area contributed by atoms with Crippen molar-refractivity contribution in [2.45, 2.75) is 0 Å². The molecule has 0 spiro atoms. The molecule has 0 aliphatic carbocycles. The van der Waals surface area contributed by atoms with Gasteiger partial charge in [0.05, 0.1) is 22.1 Å². The Morgan fingerprint density at radius 2 is 0.980 bits per heavy atom. The Bertz CT molecular complexity index is 3150. The Morgan fingerprint density at radius 1 is 0.373 bits per heavy atom. The first-order valence-corrected chi connectivity index (χ1v) is 17.4. The summed E-state index contributed by atoms with van der Waals surface area (Å²) in [5.74, 6) is 0. The lowest BCUT2D eigenvalue weighted by atomic mass is 9.99. The number of para-hydroxylation sites is 3. The molecule has 0 unspecified atom stereocenters. The SMILES string of the molecule is c1ccc(-n2c3ccccc3c3cc(N(c4ccc5c(ccc6ccccc65)c4)c4c5ccccc5cc5oc6ccccc6c45)ccc32)cc1. The van der Waals surface area contributed by atoms with E-state index in [1.165, 1.54) is 48.7 Å². The molecule has 11 aromatic rings. The van der Waals surface area contributed by atoms with Crippen molar-refractivity contribution in [1.29, 1.82) is 0 Å². The van der Waals surface area contributed by atoms with Crippen LogP contribution in [0.3, 0.4) is 0 Å². The van der Waals surface area contributed by atoms with Crippen LogP contribution in [0.4, 0.5) is 17.1 Å². The fourth-order valence-electron chi connectivity index (χ4n) is 8.26. The van der Waals surface area contributed by atoms with Gasteiger partial charge >= 0.3 is 0 Å². The Labute approximate surface area is 293 Å². The van der Waals surface area contributed by atoms with Crippen molar-refractivity contribution in [3.8, 4) is 5.69 Å². The Balaban J connectivity index is 1.26. The van der Waals surface area contributed by atoms with Crippen LogP contribution in [0.25, 0.3) is 81.7 Å². The van der Waals surface area contributed by atoms with Crippen LogP contribution in [-0.2, 0) is 0 Å². The van der Waals surface area contributed by atoms with Crippen LogP contribution in [-0.4, -0.2) is 4.57 Å². The number of furan rings is 1. The van der Waals surface area contributed by atoms with E-state index < -0.39 is 0 Å². The quantitative estimate of drug-likeness (QED) is 0.177. The second kappa shape index (κ2) is 10.8. The summed E-state index contributed by atoms with van der Waals surface area (Å²) in [5.41, 5.74) is 8.56. The van der Waals surface area contributed by atoms with E-state index in [-0.39, 0.29) is 0 Å². The molecule has 3 heteroatoms. The van der Waals surface area contributed by atoms with Gasteiger partial charge in [-0.05, 0) is 87.6 Å². The molecule has 0 atom stereocenters. The number of aromatic nitrogens is 1. The highest BCUT2D eigenvalue weighted by atomic mass is 16.3. The maximum Gasteiger partial charge on any atom is 0.138 e. The third-order valence-electron chi connectivity index (χ3n) is 10.5. The van der Waals surface area contributed by atoms with Gasteiger partial charge in [0.25, 0.3) is 0 Å². The predicted molar refractivity (Wildman–Crippen MR) is 215 cm³/mol. The molecule has 0 amide bonds. The average molecular weight is 651 g/mol. The number of hydrogen-bond acceptors (Lipinski definition) is 2. The molecule has 0 saturated carbocycles. The minimum absolute atomic E-state index is 0.878. The fourth-order valence-corrected chi connectivity index (χ4v) is 8.26. The summed E-state index contributed by atoms with van der Waals surface area (Å²) in [6.45, 7) is 0. The van der Waals surface area contributed by atoms with Gasteiger partial charge in [-0.3, -0.25) is 0 Å². The van der Waals surface area contributed by atoms with Gasteiger partial charge < -0.3 is 13.9 Å². The zero-order valence-electron chi connectivity index (χ0n) is 27.6. The molecule has 2 aromatic heterocycles. The van der Waals surface area contributed by atoms with E-state index in [0.29, 0.717) is 0 Å². The monoisotopic (exact) mass is 650 g/mol. The summed E-state index contributed by atoms with van der Waals surface area (Å²) < 4.78 is 8.97. The van der Waals surface area contributed by atoms with Gasteiger partial charge in [-0.25, -0.2) is 0 Å². The highest BCUT2D eigenvalue weighted by Gasteiger charge is 2.24. The first-order valence-electron chi connectivity index (χ1n) is 17.4. The number of benzene rings is 9. The normalized spacial score (nSPS) is 11.9.